The molecule has 1 aromatic rings. The highest BCUT2D eigenvalue weighted by Gasteiger charge is 2.00. The third kappa shape index (κ3) is 4.94. The van der Waals surface area contributed by atoms with Gasteiger partial charge >= 0.3 is 5.97 Å². The molecule has 0 bridgehead atoms. The van der Waals surface area contributed by atoms with Crippen molar-refractivity contribution in [2.24, 2.45) is 5.92 Å². The Labute approximate surface area is 96.5 Å². The molecule has 2 N–H and O–H groups in total. The molecular weight excluding hydrogens is 202 g/mol. The second-order valence-electron chi connectivity index (χ2n) is 4.41. The second-order valence-corrected chi connectivity index (χ2v) is 4.41. The molecule has 0 atom stereocenters. The summed E-state index contributed by atoms with van der Waals surface area (Å²) in [6.45, 7) is 6.17. The van der Waals surface area contributed by atoms with E-state index in [0.717, 1.165) is 18.7 Å². The lowest BCUT2D eigenvalue weighted by Crippen LogP contribution is -2.18. The van der Waals surface area contributed by atoms with Gasteiger partial charge in [0.25, 0.3) is 0 Å². The van der Waals surface area contributed by atoms with Gasteiger partial charge < -0.3 is 10.4 Å². The highest BCUT2D eigenvalue weighted by Crippen LogP contribution is 2.05. The maximum atomic E-state index is 10.5. The van der Waals surface area contributed by atoms with Gasteiger partial charge in [0.2, 0.25) is 0 Å². The first-order valence-corrected chi connectivity index (χ1v) is 5.58. The molecule has 0 saturated heterocycles. The molecule has 0 spiro atoms. The molecule has 0 radical (unpaired) electrons. The number of carboxylic acid groups (broad SMARTS) is 1. The molecule has 1 aromatic carbocycles. The number of nitrogens with one attached hydrogen (secondary N) is 1. The minimum atomic E-state index is -0.786. The van der Waals surface area contributed by atoms with E-state index in [1.165, 1.54) is 5.56 Å². The molecule has 3 heteroatoms. The van der Waals surface area contributed by atoms with Crippen LogP contribution in [0.1, 0.15) is 25.0 Å². The number of rotatable bonds is 6. The first-order chi connectivity index (χ1) is 7.58. The van der Waals surface area contributed by atoms with Crippen LogP contribution in [0.2, 0.25) is 0 Å². The van der Waals surface area contributed by atoms with Crippen molar-refractivity contribution in [1.29, 1.82) is 0 Å². The van der Waals surface area contributed by atoms with Gasteiger partial charge in [0.05, 0.1) is 6.42 Å². The number of carboxylic acids is 1. The zero-order valence-corrected chi connectivity index (χ0v) is 9.86. The Kier molecular flexibility index (Phi) is 4.99. The molecule has 0 aliphatic heterocycles. The zero-order chi connectivity index (χ0) is 12.0. The Morgan fingerprint density at radius 2 is 1.81 bits per heavy atom. The monoisotopic (exact) mass is 221 g/mol. The van der Waals surface area contributed by atoms with Gasteiger partial charge in [0.15, 0.2) is 0 Å². The van der Waals surface area contributed by atoms with Crippen molar-refractivity contribution in [1.82, 2.24) is 5.32 Å². The van der Waals surface area contributed by atoms with E-state index in [9.17, 15) is 4.79 Å². The molecule has 0 amide bonds. The highest BCUT2D eigenvalue weighted by molar-refractivity contribution is 5.70. The predicted molar refractivity (Wildman–Crippen MR) is 64.3 cm³/mol. The molecule has 0 aliphatic carbocycles. The normalized spacial score (nSPS) is 10.7. The van der Waals surface area contributed by atoms with E-state index in [2.05, 4.69) is 19.2 Å². The van der Waals surface area contributed by atoms with Crippen LogP contribution < -0.4 is 5.32 Å². The molecule has 0 unspecified atom stereocenters. The lowest BCUT2D eigenvalue weighted by atomic mass is 10.1. The van der Waals surface area contributed by atoms with E-state index in [4.69, 9.17) is 5.11 Å². The van der Waals surface area contributed by atoms with Crippen LogP contribution in [0.25, 0.3) is 0 Å². The fourth-order valence-electron chi connectivity index (χ4n) is 1.45. The summed E-state index contributed by atoms with van der Waals surface area (Å²) in [6.07, 6.45) is 0.0969. The third-order valence-electron chi connectivity index (χ3n) is 2.26. The SMILES string of the molecule is CC(C)CNCc1ccc(CC(=O)O)cc1. The van der Waals surface area contributed by atoms with E-state index in [1.54, 1.807) is 0 Å². The molecule has 16 heavy (non-hydrogen) atoms. The number of carbonyl (C=O) groups is 1. The van der Waals surface area contributed by atoms with Crippen molar-refractivity contribution in [3.63, 3.8) is 0 Å². The fourth-order valence-corrected chi connectivity index (χ4v) is 1.45. The minimum Gasteiger partial charge on any atom is -0.481 e. The standard InChI is InChI=1S/C13H19NO2/c1-10(2)8-14-9-12-5-3-11(4-6-12)7-13(15)16/h3-6,10,14H,7-9H2,1-2H3,(H,15,16). The van der Waals surface area contributed by atoms with E-state index >= 15 is 0 Å². The maximum absolute atomic E-state index is 10.5. The number of hydrogen-bond acceptors (Lipinski definition) is 2. The summed E-state index contributed by atoms with van der Waals surface area (Å²) in [6, 6.07) is 7.71. The van der Waals surface area contributed by atoms with Gasteiger partial charge in [-0.1, -0.05) is 38.1 Å². The molecule has 0 heterocycles. The largest absolute Gasteiger partial charge is 0.481 e. The molecule has 0 saturated carbocycles. The van der Waals surface area contributed by atoms with E-state index in [1.807, 2.05) is 24.3 Å². The van der Waals surface area contributed by atoms with E-state index in [-0.39, 0.29) is 6.42 Å². The van der Waals surface area contributed by atoms with Crippen LogP contribution in [0.5, 0.6) is 0 Å². The summed E-state index contributed by atoms with van der Waals surface area (Å²) in [7, 11) is 0. The molecule has 88 valence electrons. The van der Waals surface area contributed by atoms with Crippen LogP contribution in [0.3, 0.4) is 0 Å². The lowest BCUT2D eigenvalue weighted by Gasteiger charge is -2.07. The Hall–Kier alpha value is -1.35. The van der Waals surface area contributed by atoms with Crippen LogP contribution in [0.4, 0.5) is 0 Å². The first-order valence-electron chi connectivity index (χ1n) is 5.58. The van der Waals surface area contributed by atoms with Crippen LogP contribution >= 0.6 is 0 Å². The summed E-state index contributed by atoms with van der Waals surface area (Å²) in [4.78, 5) is 10.5. The smallest absolute Gasteiger partial charge is 0.307 e. The second kappa shape index (κ2) is 6.28. The van der Waals surface area contributed by atoms with E-state index in [0.29, 0.717) is 5.92 Å². The Bertz CT molecular complexity index is 330. The minimum absolute atomic E-state index is 0.0969. The zero-order valence-electron chi connectivity index (χ0n) is 9.86. The van der Waals surface area contributed by atoms with Gasteiger partial charge in [-0.25, -0.2) is 0 Å². The van der Waals surface area contributed by atoms with Gasteiger partial charge in [-0.05, 0) is 23.6 Å². The molecule has 0 fully saturated rings. The quantitative estimate of drug-likeness (QED) is 0.773. The van der Waals surface area contributed by atoms with Crippen LogP contribution in [0.15, 0.2) is 24.3 Å². The topological polar surface area (TPSA) is 49.3 Å². The summed E-state index contributed by atoms with van der Waals surface area (Å²) < 4.78 is 0. The van der Waals surface area contributed by atoms with Crippen LogP contribution in [-0.2, 0) is 17.8 Å². The van der Waals surface area contributed by atoms with Crippen molar-refractivity contribution in [3.05, 3.63) is 35.4 Å². The van der Waals surface area contributed by atoms with Crippen molar-refractivity contribution < 1.29 is 9.90 Å². The average Bonchev–Trinajstić information content (AvgIpc) is 2.19. The Morgan fingerprint density at radius 3 is 2.31 bits per heavy atom. The van der Waals surface area contributed by atoms with Gasteiger partial charge in [-0.15, -0.1) is 0 Å². The summed E-state index contributed by atoms with van der Waals surface area (Å²) in [5, 5.41) is 12.0. The average molecular weight is 221 g/mol. The Morgan fingerprint density at radius 1 is 1.25 bits per heavy atom. The van der Waals surface area contributed by atoms with Gasteiger partial charge in [-0.3, -0.25) is 4.79 Å². The fraction of sp³-hybridized carbons (Fsp3) is 0.462. The van der Waals surface area contributed by atoms with Crippen molar-refractivity contribution in [2.45, 2.75) is 26.8 Å². The van der Waals surface area contributed by atoms with Gasteiger partial charge in [0.1, 0.15) is 0 Å². The van der Waals surface area contributed by atoms with Gasteiger partial charge in [0, 0.05) is 6.54 Å². The predicted octanol–water partition coefficient (Wildman–Crippen LogP) is 2.06. The first kappa shape index (κ1) is 12.7. The maximum Gasteiger partial charge on any atom is 0.307 e. The van der Waals surface area contributed by atoms with Crippen molar-refractivity contribution in [2.75, 3.05) is 6.54 Å². The summed E-state index contributed by atoms with van der Waals surface area (Å²) in [5.41, 5.74) is 2.04. The lowest BCUT2D eigenvalue weighted by molar-refractivity contribution is -0.136. The molecule has 1 rings (SSSR count). The van der Waals surface area contributed by atoms with Gasteiger partial charge in [-0.2, -0.15) is 0 Å². The third-order valence-corrected chi connectivity index (χ3v) is 2.26. The molecular formula is C13H19NO2. The van der Waals surface area contributed by atoms with Crippen LogP contribution in [-0.4, -0.2) is 17.6 Å². The molecule has 3 nitrogen and oxygen atoms in total. The van der Waals surface area contributed by atoms with Crippen molar-refractivity contribution in [3.8, 4) is 0 Å². The van der Waals surface area contributed by atoms with Crippen LogP contribution in [0, 0.1) is 5.92 Å². The number of benzene rings is 1. The number of hydrogen-bond donors (Lipinski definition) is 2. The highest BCUT2D eigenvalue weighted by atomic mass is 16.4. The molecule has 0 aliphatic rings. The summed E-state index contributed by atoms with van der Waals surface area (Å²) in [5.74, 6) is -0.142. The summed E-state index contributed by atoms with van der Waals surface area (Å²) >= 11 is 0. The van der Waals surface area contributed by atoms with Crippen molar-refractivity contribution >= 4 is 5.97 Å². The number of aliphatic carboxylic acids is 1. The Balaban J connectivity index is 2.42. The molecule has 0 aromatic heterocycles. The van der Waals surface area contributed by atoms with E-state index < -0.39 is 5.97 Å².